The van der Waals surface area contributed by atoms with Gasteiger partial charge in [0.25, 0.3) is 11.8 Å². The molecule has 11 atom stereocenters. The first-order chi connectivity index (χ1) is 36.5. The molecule has 4 aliphatic heterocycles. The lowest BCUT2D eigenvalue weighted by Gasteiger charge is -2.45. The standard InChI is InChI=1S/C49H65N7O20/c1-26-39(63)41(65)44-48(73-26)71-20-18-52-36(60)24-55(23-35(59)51-17-19-70-46-42(66)40(64)43(67)47(74-44)75-46)22-34(58)50-16-8-2-3-13-33(57)53-21-32(45(68)76-56-37(61)14-15-38(56)62)54-49(69)72-25-31-29-11-6-4-9-27(29)28-10-5-7-12-30(28)31/h4-7,9-12,26,31-32,39-44,46-48,63-67H,2-3,8,13-25H2,1H3,(H,50,58)(H,51,59)(H,52,60)(H,53,57)(H,54,69)/t26-,32-,39+,40-,41+,42-,43-,44-,46+,47+,48+/m0/s1. The number of amides is 7. The van der Waals surface area contributed by atoms with Crippen molar-refractivity contribution in [2.45, 2.75) is 119 Å². The summed E-state index contributed by atoms with van der Waals surface area (Å²) >= 11 is 0. The second-order valence-electron chi connectivity index (χ2n) is 18.7. The quantitative estimate of drug-likeness (QED) is 0.0611. The number of aliphatic hydroxyl groups is 5. The predicted molar refractivity (Wildman–Crippen MR) is 256 cm³/mol. The molecule has 0 radical (unpaired) electrons. The van der Waals surface area contributed by atoms with Gasteiger partial charge in [0.2, 0.25) is 23.6 Å². The van der Waals surface area contributed by atoms with Gasteiger partial charge in [-0.2, -0.15) is 0 Å². The first kappa shape index (κ1) is 57.5. The van der Waals surface area contributed by atoms with Crippen LogP contribution in [0.4, 0.5) is 4.79 Å². The lowest BCUT2D eigenvalue weighted by atomic mass is 9.98. The van der Waals surface area contributed by atoms with Gasteiger partial charge in [-0.1, -0.05) is 55.0 Å². The molecule has 4 fully saturated rings. The topological polar surface area (TPSA) is 369 Å². The van der Waals surface area contributed by atoms with Crippen molar-refractivity contribution in [3.63, 3.8) is 0 Å². The Morgan fingerprint density at radius 3 is 1.95 bits per heavy atom. The monoisotopic (exact) mass is 1070 g/mol. The van der Waals surface area contributed by atoms with E-state index in [1.807, 2.05) is 48.5 Å². The number of alkyl carbamates (subject to hydrolysis) is 1. The highest BCUT2D eigenvalue weighted by Crippen LogP contribution is 2.44. The molecule has 0 unspecified atom stereocenters. The minimum atomic E-state index is -1.84. The van der Waals surface area contributed by atoms with Crippen LogP contribution in [-0.2, 0) is 66.8 Å². The van der Waals surface area contributed by atoms with Crippen molar-refractivity contribution < 1.29 is 97.1 Å². The predicted octanol–water partition coefficient (Wildman–Crippen LogP) is -3.51. The van der Waals surface area contributed by atoms with Crippen molar-refractivity contribution in [1.29, 1.82) is 0 Å². The summed E-state index contributed by atoms with van der Waals surface area (Å²) in [5.74, 6) is -5.19. The molecule has 5 aliphatic rings. The molecule has 10 N–H and O–H groups in total. The molecule has 0 aromatic heterocycles. The Morgan fingerprint density at radius 1 is 0.697 bits per heavy atom. The van der Waals surface area contributed by atoms with Crippen LogP contribution in [0.3, 0.4) is 0 Å². The van der Waals surface area contributed by atoms with Gasteiger partial charge in [-0.05, 0) is 42.0 Å². The van der Waals surface area contributed by atoms with E-state index in [2.05, 4.69) is 26.6 Å². The van der Waals surface area contributed by atoms with Gasteiger partial charge in [0.15, 0.2) is 18.9 Å². The van der Waals surface area contributed by atoms with Crippen molar-refractivity contribution in [2.75, 3.05) is 65.6 Å². The summed E-state index contributed by atoms with van der Waals surface area (Å²) in [5.41, 5.74) is 3.92. The highest BCUT2D eigenvalue weighted by molar-refractivity contribution is 6.02. The van der Waals surface area contributed by atoms with Crippen LogP contribution in [0.25, 0.3) is 11.1 Å². The molecule has 7 rings (SSSR count). The number of imide groups is 1. The maximum absolute atomic E-state index is 13.2. The number of carbonyl (C=O) groups excluding carboxylic acids is 8. The Balaban J connectivity index is 0.855. The fraction of sp³-hybridized carbons (Fsp3) is 0.592. The normalized spacial score (nSPS) is 28.2. The number of nitrogens with one attached hydrogen (secondary N) is 5. The van der Waals surface area contributed by atoms with Gasteiger partial charge in [-0.3, -0.25) is 33.7 Å². The van der Waals surface area contributed by atoms with Crippen molar-refractivity contribution in [3.8, 4) is 11.1 Å². The van der Waals surface area contributed by atoms with Crippen LogP contribution in [0, 0.1) is 0 Å². The number of rotatable bonds is 15. The van der Waals surface area contributed by atoms with E-state index in [-0.39, 0.29) is 71.2 Å². The molecule has 27 heteroatoms. The number of nitrogens with zero attached hydrogens (tertiary/aromatic N) is 2. The fourth-order valence-electron chi connectivity index (χ4n) is 9.09. The van der Waals surface area contributed by atoms with Crippen molar-refractivity contribution in [2.24, 2.45) is 0 Å². The number of unbranched alkanes of at least 4 members (excludes halogenated alkanes) is 2. The number of hydrogen-bond acceptors (Lipinski definition) is 21. The first-order valence-corrected chi connectivity index (χ1v) is 25.1. The van der Waals surface area contributed by atoms with Crippen LogP contribution in [-0.4, -0.2) is 216 Å². The zero-order valence-corrected chi connectivity index (χ0v) is 41.6. The van der Waals surface area contributed by atoms with Crippen LogP contribution in [0.1, 0.15) is 62.5 Å². The Labute approximate surface area is 435 Å². The Kier molecular flexibility index (Phi) is 20.6. The summed E-state index contributed by atoms with van der Waals surface area (Å²) in [7, 11) is 0. The summed E-state index contributed by atoms with van der Waals surface area (Å²) in [6.07, 6.45) is -15.8. The van der Waals surface area contributed by atoms with Gasteiger partial charge < -0.3 is 85.4 Å². The fourth-order valence-corrected chi connectivity index (χ4v) is 9.09. The largest absolute Gasteiger partial charge is 0.449 e. The van der Waals surface area contributed by atoms with Gasteiger partial charge >= 0.3 is 12.1 Å². The van der Waals surface area contributed by atoms with Gasteiger partial charge in [0.05, 0.1) is 39.0 Å². The second kappa shape index (κ2) is 27.2. The van der Waals surface area contributed by atoms with E-state index < -0.39 is 135 Å². The molecule has 7 amide bonds. The molecule has 416 valence electrons. The summed E-state index contributed by atoms with van der Waals surface area (Å²) < 4.78 is 33.8. The molecule has 1 aliphatic carbocycles. The second-order valence-corrected chi connectivity index (χ2v) is 18.7. The maximum Gasteiger partial charge on any atom is 0.407 e. The highest BCUT2D eigenvalue weighted by atomic mass is 16.8. The van der Waals surface area contributed by atoms with Crippen LogP contribution in [0.15, 0.2) is 48.5 Å². The number of ether oxygens (including phenoxy) is 6. The van der Waals surface area contributed by atoms with Crippen LogP contribution < -0.4 is 26.6 Å². The lowest BCUT2D eigenvalue weighted by Crippen LogP contribution is -2.64. The first-order valence-electron chi connectivity index (χ1n) is 25.1. The molecule has 2 aromatic carbocycles. The average molecular weight is 1070 g/mol. The molecular weight excluding hydrogens is 1010 g/mol. The third-order valence-corrected chi connectivity index (χ3v) is 13.1. The van der Waals surface area contributed by atoms with E-state index in [1.165, 1.54) is 11.8 Å². The number of benzene rings is 2. The van der Waals surface area contributed by atoms with Gasteiger partial charge in [-0.15, -0.1) is 5.06 Å². The molecule has 2 aromatic rings. The van der Waals surface area contributed by atoms with Crippen LogP contribution >= 0.6 is 0 Å². The molecule has 76 heavy (non-hydrogen) atoms. The van der Waals surface area contributed by atoms with E-state index in [9.17, 15) is 63.9 Å². The van der Waals surface area contributed by atoms with E-state index in [0.717, 1.165) is 22.3 Å². The minimum Gasteiger partial charge on any atom is -0.449 e. The summed E-state index contributed by atoms with van der Waals surface area (Å²) in [6, 6.07) is 13.8. The van der Waals surface area contributed by atoms with Gasteiger partial charge in [0, 0.05) is 51.4 Å². The van der Waals surface area contributed by atoms with Crippen molar-refractivity contribution in [1.82, 2.24) is 36.5 Å². The molecule has 2 bridgehead atoms. The van der Waals surface area contributed by atoms with E-state index in [1.54, 1.807) is 0 Å². The SMILES string of the molecule is C[C@@H]1O[C@H]2OCCNC(=O)CN(CC(=O)NCCCCCC(=O)NC[C@H](NC(=O)OCC3c4ccccc4-c4ccccc43)C(=O)ON3C(=O)CCC3=O)CC(=O)NCCO[C@@H]3O[C@@H](O[C@H]2[C@H](O)[C@@H]1O)[C@@H](O)[C@@H](O)[C@@H]3O. The Hall–Kier alpha value is -6.24. The minimum absolute atomic E-state index is 0.0239. The molecule has 0 spiro atoms. The summed E-state index contributed by atoms with van der Waals surface area (Å²) in [4.78, 5) is 109. The zero-order valence-electron chi connectivity index (χ0n) is 41.6. The van der Waals surface area contributed by atoms with E-state index in [0.29, 0.717) is 24.3 Å². The van der Waals surface area contributed by atoms with E-state index in [4.69, 9.17) is 33.3 Å². The lowest BCUT2D eigenvalue weighted by molar-refractivity contribution is -0.387. The molecule has 4 heterocycles. The highest BCUT2D eigenvalue weighted by Gasteiger charge is 2.51. The zero-order chi connectivity index (χ0) is 54.5. The molecule has 4 saturated heterocycles. The third-order valence-electron chi connectivity index (χ3n) is 13.1. The number of carbonyl (C=O) groups is 8. The van der Waals surface area contributed by atoms with Gasteiger partial charge in [-0.25, -0.2) is 9.59 Å². The summed E-state index contributed by atoms with van der Waals surface area (Å²) in [6.45, 7) is -0.942. The molecular formula is C49H65N7O20. The van der Waals surface area contributed by atoms with E-state index >= 15 is 0 Å². The summed E-state index contributed by atoms with van der Waals surface area (Å²) in [5, 5.41) is 66.2. The number of fused-ring (bicyclic) bond motifs is 6. The Bertz CT molecular complexity index is 2340. The van der Waals surface area contributed by atoms with Crippen molar-refractivity contribution >= 4 is 47.5 Å². The van der Waals surface area contributed by atoms with Crippen LogP contribution in [0.5, 0.6) is 0 Å². The number of hydroxylamine groups is 2. The average Bonchev–Trinajstić information content (AvgIpc) is 3.89. The smallest absolute Gasteiger partial charge is 0.407 e. The maximum atomic E-state index is 13.2. The molecule has 27 nitrogen and oxygen atoms in total. The Morgan fingerprint density at radius 2 is 1.30 bits per heavy atom. The third kappa shape index (κ3) is 15.0. The van der Waals surface area contributed by atoms with Crippen molar-refractivity contribution in [3.05, 3.63) is 59.7 Å². The molecule has 0 saturated carbocycles. The number of hydrogen-bond donors (Lipinski definition) is 10. The number of aliphatic hydroxyl groups excluding tert-OH is 5. The van der Waals surface area contributed by atoms with Gasteiger partial charge in [0.1, 0.15) is 49.3 Å². The van der Waals surface area contributed by atoms with Crippen LogP contribution in [0.2, 0.25) is 0 Å².